The lowest BCUT2D eigenvalue weighted by Gasteiger charge is -2.27. The molecule has 2 atom stereocenters. The van der Waals surface area contributed by atoms with E-state index < -0.39 is 0 Å². The molecule has 2 aromatic carbocycles. The summed E-state index contributed by atoms with van der Waals surface area (Å²) in [6.07, 6.45) is 9.04. The summed E-state index contributed by atoms with van der Waals surface area (Å²) in [4.78, 5) is 15.0. The molecule has 0 saturated carbocycles. The average molecular weight is 642 g/mol. The maximum absolute atomic E-state index is 12.6. The molecule has 3 aromatic rings. The van der Waals surface area contributed by atoms with E-state index in [1.54, 1.807) is 0 Å². The summed E-state index contributed by atoms with van der Waals surface area (Å²) in [5, 5.41) is 19.5. The van der Waals surface area contributed by atoms with Gasteiger partial charge in [0.2, 0.25) is 0 Å². The molecule has 12 nitrogen and oxygen atoms in total. The van der Waals surface area contributed by atoms with Gasteiger partial charge >= 0.3 is 0 Å². The minimum absolute atomic E-state index is 0.0533. The van der Waals surface area contributed by atoms with E-state index in [1.807, 2.05) is 54.4 Å². The van der Waals surface area contributed by atoms with Crippen LogP contribution in [0, 0.1) is 6.92 Å². The van der Waals surface area contributed by atoms with Crippen molar-refractivity contribution >= 4 is 11.0 Å². The van der Waals surface area contributed by atoms with Gasteiger partial charge in [0.25, 0.3) is 0 Å². The zero-order valence-corrected chi connectivity index (χ0v) is 26.9. The van der Waals surface area contributed by atoms with Gasteiger partial charge < -0.3 is 18.6 Å². The van der Waals surface area contributed by atoms with Crippen molar-refractivity contribution in [1.29, 1.82) is 0 Å². The molecule has 248 valence electrons. The smallest absolute Gasteiger partial charge is 0.193 e. The van der Waals surface area contributed by atoms with Gasteiger partial charge in [0.15, 0.2) is 5.43 Å². The Morgan fingerprint density at radius 3 is 2.66 bits per heavy atom. The van der Waals surface area contributed by atoms with Crippen LogP contribution < -0.4 is 15.6 Å². The topological polar surface area (TPSA) is 126 Å². The van der Waals surface area contributed by atoms with Crippen LogP contribution in [-0.4, -0.2) is 94.3 Å². The van der Waals surface area contributed by atoms with Gasteiger partial charge in [-0.25, -0.2) is 0 Å². The summed E-state index contributed by atoms with van der Waals surface area (Å²) in [6, 6.07) is 15.0. The maximum atomic E-state index is 12.6. The third kappa shape index (κ3) is 9.57. The molecule has 1 aliphatic carbocycles. The van der Waals surface area contributed by atoms with Crippen LogP contribution in [0.15, 0.2) is 102 Å². The number of allylic oxidation sites excluding steroid dienone is 2. The lowest BCUT2D eigenvalue weighted by Crippen LogP contribution is -2.43. The highest BCUT2D eigenvalue weighted by Crippen LogP contribution is 2.25. The van der Waals surface area contributed by atoms with Gasteiger partial charge in [-0.05, 0) is 61.7 Å². The Hall–Kier alpha value is -4.39. The van der Waals surface area contributed by atoms with Crippen LogP contribution in [0.2, 0.25) is 0 Å². The number of benzene rings is 2. The van der Waals surface area contributed by atoms with Crippen molar-refractivity contribution in [3.8, 4) is 17.1 Å². The molecule has 0 radical (unpaired) electrons. The van der Waals surface area contributed by atoms with Crippen molar-refractivity contribution in [1.82, 2.24) is 15.3 Å². The minimum atomic E-state index is -0.0533. The van der Waals surface area contributed by atoms with Crippen LogP contribution in [-0.2, 0) is 9.47 Å². The van der Waals surface area contributed by atoms with Gasteiger partial charge in [-0.3, -0.25) is 20.1 Å². The highest BCUT2D eigenvalue weighted by Gasteiger charge is 2.25. The number of ether oxygens (including phenoxy) is 3. The van der Waals surface area contributed by atoms with E-state index in [1.165, 1.54) is 11.6 Å². The van der Waals surface area contributed by atoms with Gasteiger partial charge in [0.1, 0.15) is 29.7 Å². The Balaban J connectivity index is 0.828. The first-order valence-electron chi connectivity index (χ1n) is 16.4. The van der Waals surface area contributed by atoms with E-state index in [-0.39, 0.29) is 17.5 Å². The lowest BCUT2D eigenvalue weighted by molar-refractivity contribution is 0.0299. The van der Waals surface area contributed by atoms with Crippen LogP contribution in [0.1, 0.15) is 18.4 Å². The van der Waals surface area contributed by atoms with Crippen molar-refractivity contribution in [3.05, 3.63) is 88.1 Å². The predicted octanol–water partition coefficient (Wildman–Crippen LogP) is 5.15. The fraction of sp³-hybridized carbons (Fsp3) is 0.457. The quantitative estimate of drug-likeness (QED) is 0.201. The molecule has 0 fully saturated rings. The van der Waals surface area contributed by atoms with Crippen LogP contribution in [0.3, 0.4) is 0 Å². The van der Waals surface area contributed by atoms with E-state index in [9.17, 15) is 4.79 Å². The molecule has 3 heterocycles. The van der Waals surface area contributed by atoms with Gasteiger partial charge in [0.05, 0.1) is 57.5 Å². The van der Waals surface area contributed by atoms with Gasteiger partial charge in [0, 0.05) is 31.3 Å². The Bertz CT molecular complexity index is 1640. The minimum Gasteiger partial charge on any atom is -0.491 e. The van der Waals surface area contributed by atoms with Gasteiger partial charge in [-0.2, -0.15) is 10.2 Å². The Morgan fingerprint density at radius 2 is 1.85 bits per heavy atom. The third-order valence-corrected chi connectivity index (χ3v) is 8.19. The summed E-state index contributed by atoms with van der Waals surface area (Å²) in [6.45, 7) is 9.17. The predicted molar refractivity (Wildman–Crippen MR) is 180 cm³/mol. The summed E-state index contributed by atoms with van der Waals surface area (Å²) < 4.78 is 23.2. The monoisotopic (exact) mass is 641 g/mol. The molecule has 2 aliphatic heterocycles. The first kappa shape index (κ1) is 32.5. The molecule has 2 unspecified atom stereocenters. The molecule has 6 rings (SSSR count). The number of nitrogens with zero attached hydrogens (tertiary/aromatic N) is 6. The Labute approximate surface area is 274 Å². The van der Waals surface area contributed by atoms with E-state index in [4.69, 9.17) is 18.6 Å². The van der Waals surface area contributed by atoms with Crippen LogP contribution >= 0.6 is 0 Å². The first-order valence-corrected chi connectivity index (χ1v) is 16.4. The highest BCUT2D eigenvalue weighted by molar-refractivity contribution is 5.79. The van der Waals surface area contributed by atoms with Crippen molar-refractivity contribution in [2.24, 2.45) is 20.7 Å². The molecule has 0 spiro atoms. The maximum Gasteiger partial charge on any atom is 0.193 e. The Kier molecular flexibility index (Phi) is 11.4. The first-order chi connectivity index (χ1) is 23.1. The van der Waals surface area contributed by atoms with Crippen molar-refractivity contribution in [3.63, 3.8) is 0 Å². The number of fused-ring (bicyclic) bond motifs is 1. The van der Waals surface area contributed by atoms with Gasteiger partial charge in [-0.15, -0.1) is 0 Å². The molecule has 1 N–H and O–H groups in total. The van der Waals surface area contributed by atoms with Gasteiger partial charge in [-0.1, -0.05) is 40.3 Å². The molecule has 0 bridgehead atoms. The lowest BCUT2D eigenvalue weighted by atomic mass is 10.1. The number of aryl methyl sites for hydroxylation is 1. The number of hydrogen-bond acceptors (Lipinski definition) is 12. The SMILES string of the molecule is Cc1ccc2oc(-c3ccc(OCCOCCOCCN4CC(CN(CC5=CCCC=C5)CC5CN=NN5)N=N4)cc3)cc(=O)c2c1. The van der Waals surface area contributed by atoms with E-state index in [0.29, 0.717) is 62.9 Å². The second-order valence-electron chi connectivity index (χ2n) is 12.0. The summed E-state index contributed by atoms with van der Waals surface area (Å²) >= 11 is 0. The molecular weight excluding hydrogens is 598 g/mol. The second-order valence-corrected chi connectivity index (χ2v) is 12.0. The van der Waals surface area contributed by atoms with E-state index in [2.05, 4.69) is 49.2 Å². The van der Waals surface area contributed by atoms with Crippen LogP contribution in [0.25, 0.3) is 22.3 Å². The number of rotatable bonds is 17. The number of hydrogen-bond donors (Lipinski definition) is 1. The molecule has 0 saturated heterocycles. The fourth-order valence-corrected chi connectivity index (χ4v) is 5.79. The zero-order valence-electron chi connectivity index (χ0n) is 26.9. The summed E-state index contributed by atoms with van der Waals surface area (Å²) in [5.74, 6) is 1.25. The normalized spacial score (nSPS) is 18.8. The van der Waals surface area contributed by atoms with E-state index in [0.717, 1.165) is 55.9 Å². The van der Waals surface area contributed by atoms with Crippen LogP contribution in [0.5, 0.6) is 5.75 Å². The zero-order chi connectivity index (χ0) is 32.3. The Morgan fingerprint density at radius 1 is 1.00 bits per heavy atom. The van der Waals surface area contributed by atoms with Crippen LogP contribution in [0.4, 0.5) is 0 Å². The standard InChI is InChI=1S/C35H43N7O5/c1-26-7-12-34-32(19-26)33(43)20-35(47-34)28-8-10-31(11-9-28)46-18-17-45-16-15-44-14-13-42-25-30(38-40-42)24-41(23-29-21-36-39-37-29)22-27-5-3-2-4-6-27/h3,5-12,19-20,29-30H,2,4,13-18,21-25H2,1H3,(H,36,37). The fourth-order valence-electron chi connectivity index (χ4n) is 5.79. The molecular formula is C35H43N7O5. The largest absolute Gasteiger partial charge is 0.491 e. The molecule has 0 amide bonds. The third-order valence-electron chi connectivity index (χ3n) is 8.19. The molecule has 12 heteroatoms. The molecule has 1 aromatic heterocycles. The second kappa shape index (κ2) is 16.4. The summed E-state index contributed by atoms with van der Waals surface area (Å²) in [7, 11) is 0. The van der Waals surface area contributed by atoms with Crippen molar-refractivity contribution < 1.29 is 18.6 Å². The van der Waals surface area contributed by atoms with Crippen molar-refractivity contribution in [2.75, 3.05) is 72.3 Å². The average Bonchev–Trinajstić information content (AvgIpc) is 3.77. The van der Waals surface area contributed by atoms with Crippen molar-refractivity contribution in [2.45, 2.75) is 31.8 Å². The molecule has 47 heavy (non-hydrogen) atoms. The molecule has 3 aliphatic rings. The number of nitrogens with one attached hydrogen (secondary N) is 1. The summed E-state index contributed by atoms with van der Waals surface area (Å²) in [5.41, 5.74) is 6.83. The highest BCUT2D eigenvalue weighted by atomic mass is 16.5. The van der Waals surface area contributed by atoms with E-state index >= 15 is 0 Å².